The van der Waals surface area contributed by atoms with Crippen molar-refractivity contribution in [3.63, 3.8) is 0 Å². The van der Waals surface area contributed by atoms with Gasteiger partial charge in [0.1, 0.15) is 48.3 Å². The number of hydrogen-bond donors (Lipinski definition) is 9. The lowest BCUT2D eigenvalue weighted by Crippen LogP contribution is -2.54. The number of nitrogens with two attached hydrogens (primary N) is 1. The predicted molar refractivity (Wildman–Crippen MR) is 326 cm³/mol. The van der Waals surface area contributed by atoms with Gasteiger partial charge in [-0.2, -0.15) is 0 Å². The number of anilines is 3. The Balaban J connectivity index is 0.813. The van der Waals surface area contributed by atoms with E-state index >= 15 is 0 Å². The summed E-state index contributed by atoms with van der Waals surface area (Å²) in [7, 11) is 1.49. The molecule has 0 aliphatic carbocycles. The van der Waals surface area contributed by atoms with E-state index < -0.39 is 71.8 Å². The molecule has 0 fully saturated rings. The summed E-state index contributed by atoms with van der Waals surface area (Å²) < 4.78 is 22.0. The molecule has 6 aromatic rings. The Labute approximate surface area is 514 Å². The number of ether oxygens (including phenoxy) is 4. The Morgan fingerprint density at radius 3 is 2.30 bits per heavy atom. The Bertz CT molecular complexity index is 3670. The lowest BCUT2D eigenvalue weighted by atomic mass is 9.92. The number of fused-ring (bicyclic) bond motifs is 4. The highest BCUT2D eigenvalue weighted by atomic mass is 35.5. The van der Waals surface area contributed by atoms with E-state index in [0.29, 0.717) is 38.8 Å². The van der Waals surface area contributed by atoms with Crippen molar-refractivity contribution in [2.75, 3.05) is 81.0 Å². The summed E-state index contributed by atoms with van der Waals surface area (Å²) in [6.07, 6.45) is 1.65. The predicted octanol–water partition coefficient (Wildman–Crippen LogP) is 5.89. The van der Waals surface area contributed by atoms with Crippen LogP contribution in [0.3, 0.4) is 0 Å². The second kappa shape index (κ2) is 29.9. The second-order valence-corrected chi connectivity index (χ2v) is 21.5. The number of urea groups is 1. The van der Waals surface area contributed by atoms with Crippen LogP contribution in [0.5, 0.6) is 11.5 Å². The fraction of sp³-hybridized carbons (Fsp3) is 0.328. The van der Waals surface area contributed by atoms with E-state index in [-0.39, 0.29) is 113 Å². The molecule has 89 heavy (non-hydrogen) atoms. The third-order valence-corrected chi connectivity index (χ3v) is 14.8. The fourth-order valence-corrected chi connectivity index (χ4v) is 10.1. The zero-order chi connectivity index (χ0) is 63.9. The Kier molecular flexibility index (Phi) is 21.7. The molecule has 3 atom stereocenters. The number of pyridine rings is 1. The monoisotopic (exact) mass is 1240 g/mol. The molecular formula is C61H67ClN12O15. The topological polar surface area (TPSA) is 364 Å². The van der Waals surface area contributed by atoms with Crippen molar-refractivity contribution in [2.45, 2.75) is 58.2 Å². The number of imide groups is 1. The number of halogens is 1. The summed E-state index contributed by atoms with van der Waals surface area (Å²) in [5.74, 6) is -3.12. The maximum atomic E-state index is 14.4. The van der Waals surface area contributed by atoms with Crippen LogP contribution in [0.25, 0.3) is 21.7 Å². The number of nitrogens with one attached hydrogen (secondary N) is 7. The number of H-pyrrole nitrogens is 1. The summed E-state index contributed by atoms with van der Waals surface area (Å²) in [6.45, 7) is 5.21. The number of nitrogens with zero attached hydrogens (tertiary/aromatic N) is 4. The molecule has 4 heterocycles. The summed E-state index contributed by atoms with van der Waals surface area (Å²) in [5, 5.41) is 27.4. The van der Waals surface area contributed by atoms with E-state index in [0.717, 1.165) is 33.6 Å². The number of phenols is 1. The number of aromatic hydroxyl groups is 1. The number of rotatable bonds is 26. The molecule has 0 saturated heterocycles. The third kappa shape index (κ3) is 16.8. The number of aryl methyl sites for hydroxylation is 1. The van der Waals surface area contributed by atoms with Gasteiger partial charge >= 0.3 is 24.3 Å². The third-order valence-electron chi connectivity index (χ3n) is 14.5. The van der Waals surface area contributed by atoms with Crippen molar-refractivity contribution in [1.29, 1.82) is 0 Å². The van der Waals surface area contributed by atoms with Gasteiger partial charge in [0.25, 0.3) is 23.6 Å². The molecule has 4 aromatic carbocycles. The number of likely N-dealkylation sites (N-methyl/N-ethyl adjacent to an activating group) is 1. The van der Waals surface area contributed by atoms with Gasteiger partial charge in [-0.15, -0.1) is 11.6 Å². The van der Waals surface area contributed by atoms with E-state index in [4.69, 9.17) is 36.3 Å². The normalized spacial score (nSPS) is 14.0. The number of aromatic amines is 1. The van der Waals surface area contributed by atoms with Crippen molar-refractivity contribution in [2.24, 2.45) is 11.7 Å². The van der Waals surface area contributed by atoms with Gasteiger partial charge in [-0.3, -0.25) is 33.7 Å². The summed E-state index contributed by atoms with van der Waals surface area (Å²) in [5.41, 5.74) is 9.38. The van der Waals surface area contributed by atoms with Crippen LogP contribution in [0.1, 0.15) is 70.1 Å². The maximum absolute atomic E-state index is 14.4. The number of amides is 11. The number of primary amides is 1. The summed E-state index contributed by atoms with van der Waals surface area (Å²) in [6, 6.07) is 19.6. The highest BCUT2D eigenvalue weighted by Crippen LogP contribution is 2.47. The van der Waals surface area contributed by atoms with Gasteiger partial charge < -0.3 is 76.5 Å². The molecule has 27 nitrogen and oxygen atoms in total. The minimum atomic E-state index is -1.14. The average Bonchev–Trinajstić information content (AvgIpc) is 1.67. The first kappa shape index (κ1) is 64.7. The molecule has 10 N–H and O–H groups in total. The molecule has 468 valence electrons. The van der Waals surface area contributed by atoms with Crippen LogP contribution in [0.2, 0.25) is 0 Å². The first-order chi connectivity index (χ1) is 42.7. The molecule has 2 aliphatic rings. The van der Waals surface area contributed by atoms with Crippen molar-refractivity contribution in [1.82, 2.24) is 41.0 Å². The van der Waals surface area contributed by atoms with Gasteiger partial charge in [-0.05, 0) is 96.3 Å². The van der Waals surface area contributed by atoms with Gasteiger partial charge in [-0.1, -0.05) is 44.2 Å². The van der Waals surface area contributed by atoms with Crippen molar-refractivity contribution in [3.05, 3.63) is 131 Å². The van der Waals surface area contributed by atoms with Crippen LogP contribution in [-0.2, 0) is 40.0 Å². The smallest absolute Gasteiger partial charge is 0.412 e. The van der Waals surface area contributed by atoms with E-state index in [2.05, 4.69) is 41.9 Å². The van der Waals surface area contributed by atoms with Crippen LogP contribution < -0.4 is 47.3 Å². The van der Waals surface area contributed by atoms with Gasteiger partial charge in [0.05, 0.1) is 37.2 Å². The number of alkyl halides is 1. The standard InChI is InChI=1S/C61H67ClN12O15/c1-34(2)53(71-60(84)87-26-25-86-24-23-73-49(76)18-19-50(73)77)56(80)69-43(9-6-20-64-58(63)82)55(79)67-40-14-10-36(11-15-40)33-88-61(85)72(4)22-21-65-59(83)89-47-29-46-52(51-35(3)7-5-8-42(47)51)39(30-62)32-74(46)57(81)44-27-38-28-48(66-31-45(38)68-44)70-54(78)37-12-16-41(75)17-13-37/h5,7-8,10-19,27-29,31,34,39,43,53,68,75H,6,9,20-26,30,32-33H2,1-4H3,(H,65,83)(H,67,79)(H,69,80)(H,71,84)(H3,63,64,82)(H,66,70,78)/t39-,43+,53+/m1/s1. The maximum Gasteiger partial charge on any atom is 0.412 e. The molecule has 11 amide bonds. The zero-order valence-electron chi connectivity index (χ0n) is 49.0. The molecule has 0 bridgehead atoms. The zero-order valence-corrected chi connectivity index (χ0v) is 49.8. The minimum absolute atomic E-state index is 0.0148. The number of aromatic nitrogens is 2. The van der Waals surface area contributed by atoms with Crippen molar-refractivity contribution < 1.29 is 72.0 Å². The SMILES string of the molecule is Cc1cccc2c(OC(=O)NCCN(C)C(=O)OCc3ccc(NC(=O)[C@H](CCCNC(N)=O)NC(=O)[C@@H](NC(=O)OCCOCCN4C(=O)C=CC4=O)C(C)C)cc3)cc3c(c12)[C@H](CCl)CN3C(=O)c1cc2cc(NC(=O)c3ccc(O)cc3)ncc2[nH]1. The van der Waals surface area contributed by atoms with Crippen LogP contribution in [0, 0.1) is 12.8 Å². The van der Waals surface area contributed by atoms with E-state index in [9.17, 15) is 53.1 Å². The van der Waals surface area contributed by atoms with Crippen molar-refractivity contribution in [3.8, 4) is 11.5 Å². The van der Waals surface area contributed by atoms with Gasteiger partial charge in [0, 0.05) is 85.3 Å². The van der Waals surface area contributed by atoms with Gasteiger partial charge in [-0.25, -0.2) is 24.2 Å². The van der Waals surface area contributed by atoms with Gasteiger partial charge in [0.2, 0.25) is 11.8 Å². The molecule has 0 saturated carbocycles. The number of hydrogen-bond acceptors (Lipinski definition) is 16. The van der Waals surface area contributed by atoms with Crippen molar-refractivity contribution >= 4 is 110 Å². The summed E-state index contributed by atoms with van der Waals surface area (Å²) >= 11 is 6.58. The largest absolute Gasteiger partial charge is 0.508 e. The van der Waals surface area contributed by atoms with Crippen LogP contribution in [0.15, 0.2) is 103 Å². The molecule has 2 aromatic heterocycles. The first-order valence-electron chi connectivity index (χ1n) is 28.3. The molecule has 28 heteroatoms. The average molecular weight is 1240 g/mol. The molecule has 8 rings (SSSR count). The number of carbonyl (C=O) groups is 10. The minimum Gasteiger partial charge on any atom is -0.508 e. The Hall–Kier alpha value is -10.3. The Morgan fingerprint density at radius 1 is 0.854 bits per heavy atom. The molecule has 2 aliphatic heterocycles. The molecule has 0 unspecified atom stereocenters. The first-order valence-corrected chi connectivity index (χ1v) is 28.9. The molecule has 0 radical (unpaired) electrons. The van der Waals surface area contributed by atoms with E-state index in [1.165, 1.54) is 42.4 Å². The number of alkyl carbamates (subject to hydrolysis) is 1. The highest BCUT2D eigenvalue weighted by molar-refractivity contribution is 6.20. The molecule has 0 spiro atoms. The van der Waals surface area contributed by atoms with Crippen LogP contribution in [0.4, 0.5) is 36.4 Å². The fourth-order valence-electron chi connectivity index (χ4n) is 9.83. The second-order valence-electron chi connectivity index (χ2n) is 21.2. The van der Waals surface area contributed by atoms with Gasteiger partial charge in [0.15, 0.2) is 0 Å². The van der Waals surface area contributed by atoms with Crippen LogP contribution in [-0.4, -0.2) is 162 Å². The van der Waals surface area contributed by atoms with E-state index in [1.807, 2.05) is 25.1 Å². The quantitative estimate of drug-likeness (QED) is 0.0174. The Morgan fingerprint density at radius 2 is 1.60 bits per heavy atom. The summed E-state index contributed by atoms with van der Waals surface area (Å²) in [4.78, 5) is 140. The highest BCUT2D eigenvalue weighted by Gasteiger charge is 2.37. The molecular weight excluding hydrogens is 1180 g/mol. The lowest BCUT2D eigenvalue weighted by Gasteiger charge is -2.25. The number of phenolic OH excluding ortho intramolecular Hbond substituents is 1. The lowest BCUT2D eigenvalue weighted by molar-refractivity contribution is -0.137. The number of benzene rings is 4. The van der Waals surface area contributed by atoms with E-state index in [1.54, 1.807) is 61.2 Å². The van der Waals surface area contributed by atoms with Crippen LogP contribution >= 0.6 is 11.6 Å². The number of carbonyl (C=O) groups excluding carboxylic acids is 10.